The maximum Gasteiger partial charge on any atom is 0.167 e. The zero-order valence-corrected chi connectivity index (χ0v) is 9.46. The molecule has 3 nitrogen and oxygen atoms in total. The van der Waals surface area contributed by atoms with Gasteiger partial charge in [0, 0.05) is 32.7 Å². The highest BCUT2D eigenvalue weighted by Gasteiger charge is 2.12. The van der Waals surface area contributed by atoms with Gasteiger partial charge >= 0.3 is 0 Å². The molecular formula is C12H17FN2O. The van der Waals surface area contributed by atoms with Gasteiger partial charge in [-0.15, -0.1) is 0 Å². The highest BCUT2D eigenvalue weighted by atomic mass is 19.1. The molecule has 2 N–H and O–H groups in total. The van der Waals surface area contributed by atoms with Crippen molar-refractivity contribution in [3.05, 3.63) is 29.1 Å². The number of piperazine rings is 1. The van der Waals surface area contributed by atoms with Crippen molar-refractivity contribution in [2.24, 2.45) is 0 Å². The number of benzene rings is 1. The SMILES string of the molecule is Cc1cc(CN2CCNCC2)cc(O)c1F. The molecule has 1 heterocycles. The molecule has 4 heteroatoms. The molecule has 0 amide bonds. The molecule has 1 aliphatic heterocycles. The molecule has 1 fully saturated rings. The van der Waals surface area contributed by atoms with E-state index in [2.05, 4.69) is 10.2 Å². The maximum absolute atomic E-state index is 13.2. The summed E-state index contributed by atoms with van der Waals surface area (Å²) in [4.78, 5) is 2.29. The van der Waals surface area contributed by atoms with E-state index < -0.39 is 5.82 Å². The van der Waals surface area contributed by atoms with Crippen LogP contribution in [0.1, 0.15) is 11.1 Å². The van der Waals surface area contributed by atoms with Crippen LogP contribution in [0, 0.1) is 12.7 Å². The molecule has 0 bridgehead atoms. The molecule has 0 saturated carbocycles. The largest absolute Gasteiger partial charge is 0.505 e. The highest BCUT2D eigenvalue weighted by Crippen LogP contribution is 2.22. The van der Waals surface area contributed by atoms with Crippen molar-refractivity contribution in [2.45, 2.75) is 13.5 Å². The molecule has 1 aliphatic rings. The van der Waals surface area contributed by atoms with Crippen LogP contribution in [0.25, 0.3) is 0 Å². The van der Waals surface area contributed by atoms with Crippen LogP contribution in [0.3, 0.4) is 0 Å². The van der Waals surface area contributed by atoms with Crippen molar-refractivity contribution >= 4 is 0 Å². The van der Waals surface area contributed by atoms with Gasteiger partial charge in [-0.2, -0.15) is 0 Å². The van der Waals surface area contributed by atoms with E-state index in [1.54, 1.807) is 13.0 Å². The maximum atomic E-state index is 13.2. The van der Waals surface area contributed by atoms with Gasteiger partial charge in [-0.3, -0.25) is 4.90 Å². The molecule has 0 aromatic heterocycles. The molecule has 2 rings (SSSR count). The molecule has 1 aromatic rings. The van der Waals surface area contributed by atoms with E-state index >= 15 is 0 Å². The Balaban J connectivity index is 2.09. The fourth-order valence-electron chi connectivity index (χ4n) is 2.04. The number of hydrogen-bond acceptors (Lipinski definition) is 3. The first-order valence-corrected chi connectivity index (χ1v) is 5.58. The monoisotopic (exact) mass is 224 g/mol. The average Bonchev–Trinajstić information content (AvgIpc) is 2.27. The van der Waals surface area contributed by atoms with Gasteiger partial charge in [-0.1, -0.05) is 6.07 Å². The average molecular weight is 224 g/mol. The second kappa shape index (κ2) is 4.80. The first kappa shape index (κ1) is 11.4. The van der Waals surface area contributed by atoms with E-state index in [0.29, 0.717) is 5.56 Å². The number of phenols is 1. The Bertz CT molecular complexity index is 352. The van der Waals surface area contributed by atoms with Crippen LogP contribution in [0.4, 0.5) is 4.39 Å². The second-order valence-electron chi connectivity index (χ2n) is 4.27. The lowest BCUT2D eigenvalue weighted by Gasteiger charge is -2.27. The Morgan fingerprint density at radius 2 is 2.06 bits per heavy atom. The van der Waals surface area contributed by atoms with E-state index in [4.69, 9.17) is 0 Å². The first-order valence-electron chi connectivity index (χ1n) is 5.58. The van der Waals surface area contributed by atoms with E-state index in [9.17, 15) is 9.50 Å². The highest BCUT2D eigenvalue weighted by molar-refractivity contribution is 5.34. The van der Waals surface area contributed by atoms with E-state index in [1.807, 2.05) is 0 Å². The van der Waals surface area contributed by atoms with Gasteiger partial charge in [0.15, 0.2) is 11.6 Å². The van der Waals surface area contributed by atoms with Gasteiger partial charge in [0.25, 0.3) is 0 Å². The molecule has 0 radical (unpaired) electrons. The van der Waals surface area contributed by atoms with Crippen molar-refractivity contribution in [1.29, 1.82) is 0 Å². The minimum absolute atomic E-state index is 0.245. The quantitative estimate of drug-likeness (QED) is 0.793. The number of nitrogens with zero attached hydrogens (tertiary/aromatic N) is 1. The third kappa shape index (κ3) is 2.51. The molecule has 0 atom stereocenters. The van der Waals surface area contributed by atoms with Crippen molar-refractivity contribution in [3.8, 4) is 5.75 Å². The zero-order valence-electron chi connectivity index (χ0n) is 9.46. The summed E-state index contributed by atoms with van der Waals surface area (Å²) in [5.41, 5.74) is 1.48. The topological polar surface area (TPSA) is 35.5 Å². The van der Waals surface area contributed by atoms with Crippen LogP contribution in [0.2, 0.25) is 0 Å². The number of hydrogen-bond donors (Lipinski definition) is 2. The summed E-state index contributed by atoms with van der Waals surface area (Å²) in [6.45, 7) is 6.43. The van der Waals surface area contributed by atoms with Crippen molar-refractivity contribution in [2.75, 3.05) is 26.2 Å². The van der Waals surface area contributed by atoms with Crippen LogP contribution in [0.15, 0.2) is 12.1 Å². The summed E-state index contributed by atoms with van der Waals surface area (Å²) in [6, 6.07) is 3.32. The fourth-order valence-corrected chi connectivity index (χ4v) is 2.04. The van der Waals surface area contributed by atoms with Crippen molar-refractivity contribution < 1.29 is 9.50 Å². The normalized spacial score (nSPS) is 17.6. The predicted octanol–water partition coefficient (Wildman–Crippen LogP) is 1.24. The summed E-state index contributed by atoms with van der Waals surface area (Å²) in [6.07, 6.45) is 0. The minimum atomic E-state index is -0.510. The van der Waals surface area contributed by atoms with Gasteiger partial charge in [-0.05, 0) is 24.1 Å². The molecule has 1 aromatic carbocycles. The predicted molar refractivity (Wildman–Crippen MR) is 60.9 cm³/mol. The Morgan fingerprint density at radius 1 is 1.38 bits per heavy atom. The second-order valence-corrected chi connectivity index (χ2v) is 4.27. The van der Waals surface area contributed by atoms with Gasteiger partial charge in [-0.25, -0.2) is 4.39 Å². The van der Waals surface area contributed by atoms with Crippen molar-refractivity contribution in [3.63, 3.8) is 0 Å². The summed E-state index contributed by atoms with van der Waals surface area (Å²) in [5.74, 6) is -0.755. The van der Waals surface area contributed by atoms with E-state index in [0.717, 1.165) is 38.3 Å². The van der Waals surface area contributed by atoms with Crippen LogP contribution in [0.5, 0.6) is 5.75 Å². The lowest BCUT2D eigenvalue weighted by molar-refractivity contribution is 0.233. The Labute approximate surface area is 94.9 Å². The standard InChI is InChI=1S/C12H17FN2O/c1-9-6-10(7-11(16)12(9)13)8-15-4-2-14-3-5-15/h6-7,14,16H,2-5,8H2,1H3. The zero-order chi connectivity index (χ0) is 11.5. The van der Waals surface area contributed by atoms with Crippen LogP contribution in [-0.4, -0.2) is 36.2 Å². The van der Waals surface area contributed by atoms with Crippen LogP contribution in [-0.2, 0) is 6.54 Å². The van der Waals surface area contributed by atoms with Gasteiger partial charge in [0.05, 0.1) is 0 Å². The lowest BCUT2D eigenvalue weighted by Crippen LogP contribution is -2.42. The van der Waals surface area contributed by atoms with Crippen molar-refractivity contribution in [1.82, 2.24) is 10.2 Å². The summed E-state index contributed by atoms with van der Waals surface area (Å²) >= 11 is 0. The summed E-state index contributed by atoms with van der Waals surface area (Å²) in [5, 5.41) is 12.7. The number of nitrogens with one attached hydrogen (secondary N) is 1. The van der Waals surface area contributed by atoms with Crippen LogP contribution < -0.4 is 5.32 Å². The molecule has 0 unspecified atom stereocenters. The third-order valence-electron chi connectivity index (χ3n) is 2.91. The third-order valence-corrected chi connectivity index (χ3v) is 2.91. The van der Waals surface area contributed by atoms with Gasteiger partial charge in [0.1, 0.15) is 0 Å². The van der Waals surface area contributed by atoms with Gasteiger partial charge in [0.2, 0.25) is 0 Å². The lowest BCUT2D eigenvalue weighted by atomic mass is 10.1. The van der Waals surface area contributed by atoms with E-state index in [-0.39, 0.29) is 5.75 Å². The molecule has 1 saturated heterocycles. The van der Waals surface area contributed by atoms with Gasteiger partial charge < -0.3 is 10.4 Å². The molecule has 0 spiro atoms. The molecule has 16 heavy (non-hydrogen) atoms. The summed E-state index contributed by atoms with van der Waals surface area (Å²) in [7, 11) is 0. The number of halogens is 1. The molecule has 88 valence electrons. The van der Waals surface area contributed by atoms with Crippen LogP contribution >= 0.6 is 0 Å². The Morgan fingerprint density at radius 3 is 2.69 bits per heavy atom. The first-order chi connectivity index (χ1) is 7.66. The number of aryl methyl sites for hydroxylation is 1. The Kier molecular flexibility index (Phi) is 3.41. The fraction of sp³-hybridized carbons (Fsp3) is 0.500. The van der Waals surface area contributed by atoms with E-state index in [1.165, 1.54) is 6.07 Å². The number of aromatic hydroxyl groups is 1. The summed E-state index contributed by atoms with van der Waals surface area (Å²) < 4.78 is 13.2. The Hall–Kier alpha value is -1.13. The minimum Gasteiger partial charge on any atom is -0.505 e. The number of rotatable bonds is 2. The molecule has 0 aliphatic carbocycles. The smallest absolute Gasteiger partial charge is 0.167 e. The number of phenolic OH excluding ortho intramolecular Hbond substituents is 1. The molecular weight excluding hydrogens is 207 g/mol.